The third kappa shape index (κ3) is 96.0. The van der Waals surface area contributed by atoms with E-state index < -0.39 is 51.7 Å². The van der Waals surface area contributed by atoms with E-state index in [0.717, 1.165) is 44.9 Å². The number of imide groups is 1. The largest absolute Gasteiger partial charge is 0.474 e. The first-order valence-electron chi connectivity index (χ1n) is 50.7. The first-order valence-corrected chi connectivity index (χ1v) is 54.9. The summed E-state index contributed by atoms with van der Waals surface area (Å²) in [4.78, 5) is 119. The lowest BCUT2D eigenvalue weighted by Crippen LogP contribution is -2.33. The number of unbranched alkanes of at least 4 members (excludes halogenated alkanes) is 20. The zero-order valence-corrected chi connectivity index (χ0v) is 88.8. The zero-order valence-electron chi connectivity index (χ0n) is 86.2. The maximum Gasteiger partial charge on any atom is 0.474 e. The number of hydrogen-bond acceptors (Lipinski definition) is 25. The summed E-state index contributed by atoms with van der Waals surface area (Å²) in [6, 6.07) is 0. The van der Waals surface area contributed by atoms with Crippen molar-refractivity contribution in [1.29, 1.82) is 0 Å². The van der Waals surface area contributed by atoms with Gasteiger partial charge in [0.2, 0.25) is 11.8 Å². The summed E-state index contributed by atoms with van der Waals surface area (Å²) in [7, 11) is -5.25. The van der Waals surface area contributed by atoms with Crippen LogP contribution in [0.25, 0.3) is 0 Å². The Hall–Kier alpha value is -7.97. The molecule has 0 spiro atoms. The number of carbonyl (C=O) groups is 10. The average Bonchev–Trinajstić information content (AvgIpc) is 1.69. The van der Waals surface area contributed by atoms with E-state index in [-0.39, 0.29) is 146 Å². The Balaban J connectivity index is -0.000000965. The predicted octanol–water partition coefficient (Wildman–Crippen LogP) is 27.9. The molecule has 139 heavy (non-hydrogen) atoms. The van der Waals surface area contributed by atoms with Crippen molar-refractivity contribution < 1.29 is 113 Å². The molecule has 0 bridgehead atoms. The molecule has 790 valence electrons. The van der Waals surface area contributed by atoms with Crippen LogP contribution in [0.3, 0.4) is 0 Å². The number of phosphoric acid groups is 2. The normalized spacial score (nSPS) is 14.5. The quantitative estimate of drug-likeness (QED) is 0.0136. The van der Waals surface area contributed by atoms with Crippen LogP contribution in [0.15, 0.2) is 194 Å². The number of esters is 4. The molecule has 0 aromatic heterocycles. The van der Waals surface area contributed by atoms with Gasteiger partial charge in [0.15, 0.2) is 23.8 Å². The Kier molecular flexibility index (Phi) is 103. The Bertz CT molecular complexity index is 3590. The number of ether oxygens (including phenoxy) is 6. The van der Waals surface area contributed by atoms with Crippen molar-refractivity contribution in [1.82, 2.24) is 4.90 Å². The number of ketones is 4. The van der Waals surface area contributed by atoms with Gasteiger partial charge in [0.25, 0.3) is 0 Å². The number of allylic oxidation sites excluding steroid dienone is 32. The molecule has 1 rings (SSSR count). The van der Waals surface area contributed by atoms with Crippen LogP contribution >= 0.6 is 27.4 Å². The van der Waals surface area contributed by atoms with Gasteiger partial charge in [-0.1, -0.05) is 346 Å². The molecule has 2 amide bonds. The van der Waals surface area contributed by atoms with E-state index in [2.05, 4.69) is 76.3 Å². The fraction of sp³-hybridized carbons (Fsp3) is 0.622. The average molecular weight is 2010 g/mol. The van der Waals surface area contributed by atoms with Gasteiger partial charge in [-0.15, -0.1) is 0 Å². The van der Waals surface area contributed by atoms with E-state index in [0.29, 0.717) is 71.0 Å². The predicted molar refractivity (Wildman–Crippen MR) is 568 cm³/mol. The van der Waals surface area contributed by atoms with E-state index in [9.17, 15) is 57.1 Å². The lowest BCUT2D eigenvalue weighted by molar-refractivity contribution is -0.161. The molecule has 1 saturated heterocycles. The number of thioether (sulfide) groups is 1. The van der Waals surface area contributed by atoms with Crippen LogP contribution in [-0.4, -0.2) is 174 Å². The summed E-state index contributed by atoms with van der Waals surface area (Å²) in [5, 5.41) is -0.299. The van der Waals surface area contributed by atoms with Gasteiger partial charge in [-0.05, 0) is 130 Å². The maximum atomic E-state index is 12.5. The third-order valence-corrected chi connectivity index (χ3v) is 23.7. The van der Waals surface area contributed by atoms with Gasteiger partial charge in [-0.25, -0.2) is 9.13 Å². The highest BCUT2D eigenvalue weighted by Crippen LogP contribution is 2.49. The van der Waals surface area contributed by atoms with Gasteiger partial charge in [-0.2, -0.15) is 11.8 Å². The summed E-state index contributed by atoms with van der Waals surface area (Å²) in [6.07, 6.45) is 101. The van der Waals surface area contributed by atoms with Gasteiger partial charge < -0.3 is 33.2 Å². The van der Waals surface area contributed by atoms with Gasteiger partial charge in [-0.3, -0.25) is 75.2 Å². The number of Topliss-reactive ketones (excluding diaryl/α,β-unsaturated/α-hetero) is 4. The maximum absolute atomic E-state index is 12.5. The molecule has 25 nitrogen and oxygen atoms in total. The Morgan fingerprint density at radius 1 is 0.345 bits per heavy atom. The fourth-order valence-electron chi connectivity index (χ4n) is 12.2. The van der Waals surface area contributed by atoms with Gasteiger partial charge in [0.05, 0.1) is 31.7 Å². The second-order valence-corrected chi connectivity index (χ2v) is 37.0. The minimum Gasteiger partial charge on any atom is -0.462 e. The molecular formula is C111H181NO24P2S. The van der Waals surface area contributed by atoms with E-state index in [4.69, 9.17) is 55.6 Å². The summed E-state index contributed by atoms with van der Waals surface area (Å²) >= 11 is 1.37. The first kappa shape index (κ1) is 137. The van der Waals surface area contributed by atoms with Crippen LogP contribution in [-0.2, 0) is 113 Å². The molecule has 5 atom stereocenters. The highest BCUT2D eigenvalue weighted by Gasteiger charge is 2.38. The highest BCUT2D eigenvalue weighted by molar-refractivity contribution is 8.00. The number of carbonyl (C=O) groups excluding carboxylic acids is 10. The van der Waals surface area contributed by atoms with Crippen molar-refractivity contribution >= 4 is 86.2 Å². The minimum absolute atomic E-state index is 0. The van der Waals surface area contributed by atoms with E-state index in [1.165, 1.54) is 159 Å². The third-order valence-electron chi connectivity index (χ3n) is 19.8. The Labute approximate surface area is 843 Å². The number of nitrogens with zero attached hydrogens (tertiary/aromatic N) is 1. The molecule has 0 radical (unpaired) electrons. The molecule has 28 heteroatoms. The van der Waals surface area contributed by atoms with Crippen LogP contribution in [0.4, 0.5) is 0 Å². The summed E-state index contributed by atoms with van der Waals surface area (Å²) < 4.78 is 87.6. The molecule has 0 N–H and O–H groups in total. The van der Waals surface area contributed by atoms with Crippen molar-refractivity contribution in [3.8, 4) is 0 Å². The van der Waals surface area contributed by atoms with Crippen molar-refractivity contribution in [2.24, 2.45) is 0 Å². The van der Waals surface area contributed by atoms with Crippen LogP contribution in [0.1, 0.15) is 339 Å². The molecule has 1 heterocycles. The monoisotopic (exact) mass is 2010 g/mol. The van der Waals surface area contributed by atoms with Crippen LogP contribution in [0, 0.1) is 0 Å². The van der Waals surface area contributed by atoms with E-state index in [1.54, 1.807) is 27.0 Å². The number of phosphoric ester groups is 2. The SMILES string of the molecule is C.CCCC(=O)COCCCC(=O)CCN1C(=O)CC(SC)C1=O.CCCC(=O)COCCCC(C)=O.CCCCCCC/C=C/C=C/C=C/C=C/CCC(=O)OCC(COP(=O)(OC)OCC)OC(=O)CC/C=C/C=C/C=C/C=C/CCCCCCC.CCCCCCC/C=C/C=C/C=C/C=C/CCC(=O)OCC(COP(=O)(OC)OCC)OC(=O)CC/C=C/C=C/C=C/C=C/CCCCCCC. The molecule has 1 aliphatic rings. The molecule has 0 aromatic rings. The van der Waals surface area contributed by atoms with E-state index in [1.807, 2.05) is 160 Å². The molecule has 1 aliphatic heterocycles. The zero-order chi connectivity index (χ0) is 102. The van der Waals surface area contributed by atoms with Crippen molar-refractivity contribution in [2.75, 3.05) is 93.1 Å². The van der Waals surface area contributed by atoms with Crippen molar-refractivity contribution in [3.05, 3.63) is 194 Å². The highest BCUT2D eigenvalue weighted by atomic mass is 32.2. The molecule has 0 aliphatic carbocycles. The fourth-order valence-corrected chi connectivity index (χ4v) is 14.7. The van der Waals surface area contributed by atoms with Crippen molar-refractivity contribution in [2.45, 2.75) is 357 Å². The second kappa shape index (κ2) is 104. The Morgan fingerprint density at radius 2 is 0.640 bits per heavy atom. The Morgan fingerprint density at radius 3 is 0.921 bits per heavy atom. The topological polar surface area (TPSA) is 319 Å². The standard InChI is InChI=1S/2C42H67O8P.C16H25NO5S.C10H18O3.CH4/c2*1-5-8-10-12-14-16-18-20-22-24-26-28-30-32-34-36-41(43)47-38-40(39-49-51(45,46-4)48-7-3)50-42(44)37-35-33-31-29-27-25-23-21-19-17-15-13-11-9-6-2;1-3-5-13(19)11-22-9-4-6-12(18)7-8-17-15(20)10-14(23-2)16(17)21;1-3-5-10(12)8-13-7-4-6-9(2)11;/h2*18-33,40H,5-17,34-39H2,1-4H3;14H,3-11H2,1-2H3;3-8H2,1-2H3;1H4/b2*20-18+,21-19+,24-22+,25-23+,28-26+,29-27+,32-30+,33-31+;;;. The van der Waals surface area contributed by atoms with Gasteiger partial charge in [0.1, 0.15) is 38.0 Å². The molecule has 5 unspecified atom stereocenters. The number of hydrogen-bond donors (Lipinski definition) is 0. The number of likely N-dealkylation sites (tertiary alicyclic amines) is 1. The summed E-state index contributed by atoms with van der Waals surface area (Å²) in [6.45, 7) is 18.1. The lowest BCUT2D eigenvalue weighted by atomic mass is 10.1. The van der Waals surface area contributed by atoms with Crippen LogP contribution in [0.5, 0.6) is 0 Å². The number of amides is 2. The minimum atomic E-state index is -3.83. The summed E-state index contributed by atoms with van der Waals surface area (Å²) in [5.41, 5.74) is 0. The van der Waals surface area contributed by atoms with Crippen molar-refractivity contribution in [3.63, 3.8) is 0 Å². The smallest absolute Gasteiger partial charge is 0.462 e. The second-order valence-electron chi connectivity index (χ2n) is 32.4. The molecule has 0 saturated carbocycles. The first-order chi connectivity index (χ1) is 67.0. The molecule has 1 fully saturated rings. The van der Waals surface area contributed by atoms with Gasteiger partial charge >= 0.3 is 39.5 Å². The van der Waals surface area contributed by atoms with Gasteiger partial charge in [0, 0.05) is 98.2 Å². The molecule has 0 aromatic carbocycles. The van der Waals surface area contributed by atoms with Crippen LogP contribution in [0.2, 0.25) is 0 Å². The summed E-state index contributed by atoms with van der Waals surface area (Å²) in [5.74, 6) is -1.90. The van der Waals surface area contributed by atoms with Crippen LogP contribution < -0.4 is 0 Å². The molecular weight excluding hydrogens is 1830 g/mol. The number of rotatable bonds is 86. The van der Waals surface area contributed by atoms with E-state index >= 15 is 0 Å². The lowest BCUT2D eigenvalue weighted by Gasteiger charge is -2.21.